The first kappa shape index (κ1) is 31.4. The van der Waals surface area contributed by atoms with Gasteiger partial charge in [0.2, 0.25) is 11.8 Å². The van der Waals surface area contributed by atoms with Crippen LogP contribution in [0, 0.1) is 18.3 Å². The normalized spacial score (nSPS) is 13.5. The Morgan fingerprint density at radius 3 is 2.10 bits per heavy atom. The zero-order valence-electron chi connectivity index (χ0n) is 24.6. The summed E-state index contributed by atoms with van der Waals surface area (Å²) in [6, 6.07) is 24.1. The minimum Gasteiger partial charge on any atom is -0.481 e. The molecule has 0 aliphatic carbocycles. The number of para-hydroxylation sites is 1. The van der Waals surface area contributed by atoms with Crippen LogP contribution in [-0.4, -0.2) is 28.9 Å². The van der Waals surface area contributed by atoms with Gasteiger partial charge in [-0.25, -0.2) is 0 Å². The summed E-state index contributed by atoms with van der Waals surface area (Å²) >= 11 is 0. The summed E-state index contributed by atoms with van der Waals surface area (Å²) in [5, 5.41) is 15.4. The van der Waals surface area contributed by atoms with Gasteiger partial charge < -0.3 is 20.5 Å². The van der Waals surface area contributed by atoms with Gasteiger partial charge in [0.25, 0.3) is 0 Å². The predicted molar refractivity (Wildman–Crippen MR) is 161 cm³/mol. The van der Waals surface area contributed by atoms with Gasteiger partial charge in [0.05, 0.1) is 12.5 Å². The van der Waals surface area contributed by atoms with Crippen molar-refractivity contribution in [2.45, 2.75) is 72.4 Å². The second kappa shape index (κ2) is 14.5. The fourth-order valence-corrected chi connectivity index (χ4v) is 4.74. The van der Waals surface area contributed by atoms with Gasteiger partial charge in [-0.1, -0.05) is 81.4 Å². The van der Waals surface area contributed by atoms with Crippen LogP contribution in [0.4, 0.5) is 0 Å². The molecule has 7 nitrogen and oxygen atoms in total. The molecular formula is C34H42N2O5. The molecule has 0 bridgehead atoms. The largest absolute Gasteiger partial charge is 0.481 e. The zero-order valence-corrected chi connectivity index (χ0v) is 24.6. The fourth-order valence-electron chi connectivity index (χ4n) is 4.74. The summed E-state index contributed by atoms with van der Waals surface area (Å²) in [5.74, 6) is -0.975. The minimum atomic E-state index is -1.04. The van der Waals surface area contributed by atoms with Crippen molar-refractivity contribution in [1.29, 1.82) is 0 Å². The number of benzene rings is 3. The maximum Gasteiger partial charge on any atom is 0.304 e. The van der Waals surface area contributed by atoms with Crippen LogP contribution in [0.25, 0.3) is 0 Å². The van der Waals surface area contributed by atoms with Crippen LogP contribution in [0.3, 0.4) is 0 Å². The highest BCUT2D eigenvalue weighted by molar-refractivity contribution is 5.90. The number of hydrogen-bond donors (Lipinski definition) is 3. The molecule has 0 saturated carbocycles. The lowest BCUT2D eigenvalue weighted by molar-refractivity contribution is -0.142. The molecule has 218 valence electrons. The molecule has 0 saturated heterocycles. The van der Waals surface area contributed by atoms with Crippen molar-refractivity contribution in [3.63, 3.8) is 0 Å². The Hall–Kier alpha value is -4.13. The van der Waals surface area contributed by atoms with E-state index in [2.05, 4.69) is 16.7 Å². The first-order valence-electron chi connectivity index (χ1n) is 14.1. The van der Waals surface area contributed by atoms with Gasteiger partial charge >= 0.3 is 5.97 Å². The predicted octanol–water partition coefficient (Wildman–Crippen LogP) is 6.61. The first-order valence-corrected chi connectivity index (χ1v) is 14.1. The van der Waals surface area contributed by atoms with Crippen LogP contribution in [-0.2, 0) is 20.8 Å². The number of ether oxygens (including phenoxy) is 1. The molecule has 3 atom stereocenters. The van der Waals surface area contributed by atoms with Crippen molar-refractivity contribution in [2.75, 3.05) is 0 Å². The van der Waals surface area contributed by atoms with Crippen LogP contribution in [0.2, 0.25) is 0 Å². The lowest BCUT2D eigenvalue weighted by Gasteiger charge is -2.32. The Kier molecular flexibility index (Phi) is 11.1. The number of amides is 2. The van der Waals surface area contributed by atoms with Gasteiger partial charge in [-0.15, -0.1) is 0 Å². The van der Waals surface area contributed by atoms with Crippen molar-refractivity contribution in [3.8, 4) is 11.5 Å². The first-order chi connectivity index (χ1) is 19.4. The Labute approximate surface area is 243 Å². The second-order valence-corrected chi connectivity index (χ2v) is 11.7. The molecule has 41 heavy (non-hydrogen) atoms. The molecule has 3 aromatic carbocycles. The van der Waals surface area contributed by atoms with Crippen molar-refractivity contribution >= 4 is 17.8 Å². The SMILES string of the molecule is Cc1cc(CCCC(CC(=O)O)C(=O)NC(C(=O)NC(C)c2ccccc2)C(C)(C)C)ccc1Oc1ccccc1. The van der Waals surface area contributed by atoms with Crippen molar-refractivity contribution < 1.29 is 24.2 Å². The number of aliphatic carboxylic acids is 1. The Morgan fingerprint density at radius 1 is 0.878 bits per heavy atom. The molecule has 3 rings (SSSR count). The van der Waals surface area contributed by atoms with Crippen LogP contribution in [0.5, 0.6) is 11.5 Å². The molecule has 2 amide bonds. The van der Waals surface area contributed by atoms with Gasteiger partial charge in [0.1, 0.15) is 17.5 Å². The number of nitrogens with one attached hydrogen (secondary N) is 2. The molecule has 0 aliphatic heterocycles. The van der Waals surface area contributed by atoms with E-state index >= 15 is 0 Å². The number of carboxylic acid groups (broad SMARTS) is 1. The van der Waals surface area contributed by atoms with Gasteiger partial charge in [0.15, 0.2) is 0 Å². The van der Waals surface area contributed by atoms with E-state index in [0.717, 1.165) is 28.2 Å². The van der Waals surface area contributed by atoms with Crippen LogP contribution in [0.15, 0.2) is 78.9 Å². The van der Waals surface area contributed by atoms with Crippen LogP contribution in [0.1, 0.15) is 69.7 Å². The Balaban J connectivity index is 1.62. The molecule has 0 aromatic heterocycles. The zero-order chi connectivity index (χ0) is 30.0. The molecule has 0 spiro atoms. The fraction of sp³-hybridized carbons (Fsp3) is 0.382. The van der Waals surface area contributed by atoms with Gasteiger partial charge in [-0.3, -0.25) is 14.4 Å². The lowest BCUT2D eigenvalue weighted by Crippen LogP contribution is -2.55. The third-order valence-corrected chi connectivity index (χ3v) is 7.09. The molecule has 3 aromatic rings. The van der Waals surface area contributed by atoms with E-state index in [1.165, 1.54) is 0 Å². The molecule has 0 fully saturated rings. The van der Waals surface area contributed by atoms with E-state index in [-0.39, 0.29) is 18.4 Å². The van der Waals surface area contributed by atoms with E-state index in [0.29, 0.717) is 19.3 Å². The molecular weight excluding hydrogens is 516 g/mol. The monoisotopic (exact) mass is 558 g/mol. The second-order valence-electron chi connectivity index (χ2n) is 11.7. The van der Waals surface area contributed by atoms with Crippen LogP contribution < -0.4 is 15.4 Å². The molecule has 0 heterocycles. The maximum atomic E-state index is 13.3. The summed E-state index contributed by atoms with van der Waals surface area (Å²) < 4.78 is 5.96. The number of rotatable bonds is 13. The Bertz CT molecular complexity index is 1300. The summed E-state index contributed by atoms with van der Waals surface area (Å²) in [6.45, 7) is 9.52. The van der Waals surface area contributed by atoms with E-state index in [1.807, 2.05) is 107 Å². The highest BCUT2D eigenvalue weighted by atomic mass is 16.5. The summed E-state index contributed by atoms with van der Waals surface area (Å²) in [6.07, 6.45) is 1.40. The highest BCUT2D eigenvalue weighted by Gasteiger charge is 2.35. The van der Waals surface area contributed by atoms with E-state index in [4.69, 9.17) is 4.74 Å². The van der Waals surface area contributed by atoms with Gasteiger partial charge in [0, 0.05) is 5.92 Å². The van der Waals surface area contributed by atoms with Gasteiger partial charge in [-0.2, -0.15) is 0 Å². The average molecular weight is 559 g/mol. The number of aryl methyl sites for hydroxylation is 2. The quantitative estimate of drug-likeness (QED) is 0.219. The molecule has 7 heteroatoms. The van der Waals surface area contributed by atoms with Crippen molar-refractivity contribution in [3.05, 3.63) is 95.6 Å². The standard InChI is InChI=1S/C34H42N2O5/c1-23-21-25(19-20-29(23)41-28-17-10-7-11-18-28)13-12-16-27(22-30(37)38)32(39)36-31(34(3,4)5)33(40)35-24(2)26-14-8-6-9-15-26/h6-11,14-15,17-21,24,27,31H,12-13,16,22H2,1-5H3,(H,35,40)(H,36,39)(H,37,38). The van der Waals surface area contributed by atoms with Gasteiger partial charge in [-0.05, 0) is 73.4 Å². The molecule has 3 unspecified atom stereocenters. The van der Waals surface area contributed by atoms with E-state index < -0.39 is 29.3 Å². The van der Waals surface area contributed by atoms with Crippen molar-refractivity contribution in [1.82, 2.24) is 10.6 Å². The Morgan fingerprint density at radius 2 is 1.51 bits per heavy atom. The molecule has 0 aliphatic rings. The maximum absolute atomic E-state index is 13.3. The number of carbonyl (C=O) groups is 3. The summed E-state index contributed by atoms with van der Waals surface area (Å²) in [4.78, 5) is 38.2. The number of carbonyl (C=O) groups excluding carboxylic acids is 2. The molecule has 0 radical (unpaired) electrons. The van der Waals surface area contributed by atoms with Crippen molar-refractivity contribution in [2.24, 2.45) is 11.3 Å². The van der Waals surface area contributed by atoms with E-state index in [9.17, 15) is 19.5 Å². The van der Waals surface area contributed by atoms with Crippen LogP contribution >= 0.6 is 0 Å². The van der Waals surface area contributed by atoms with E-state index in [1.54, 1.807) is 0 Å². The smallest absolute Gasteiger partial charge is 0.304 e. The average Bonchev–Trinajstić information content (AvgIpc) is 2.92. The third-order valence-electron chi connectivity index (χ3n) is 7.09. The topological polar surface area (TPSA) is 105 Å². The summed E-state index contributed by atoms with van der Waals surface area (Å²) in [5.41, 5.74) is 2.46. The lowest BCUT2D eigenvalue weighted by atomic mass is 9.85. The molecule has 3 N–H and O–H groups in total. The minimum absolute atomic E-state index is 0.242. The number of carboxylic acids is 1. The number of hydrogen-bond acceptors (Lipinski definition) is 4. The third kappa shape index (κ3) is 9.78. The highest BCUT2D eigenvalue weighted by Crippen LogP contribution is 2.27. The summed E-state index contributed by atoms with van der Waals surface area (Å²) in [7, 11) is 0.